The predicted molar refractivity (Wildman–Crippen MR) is 190 cm³/mol. The third kappa shape index (κ3) is 13.5. The standard InChI is InChI=1S/C36H65NO18/c1-3-5-6-7-8-9-10-11-12-14-20(41)19(37-24(42)13-4-2)18-50-34-30(48)27(45)32(22(16-39)52-34)55-36-31(49)28(46)33(23(17-40)53-36)54-35-29(47)26(44)25(43)21(15-38)51-35/h12,14,19-23,25-36,38-41,43-49H,3-11,13,15-18H2,1-2H3,(H,37,42)/b14-12+. The van der Waals surface area contributed by atoms with Gasteiger partial charge >= 0.3 is 0 Å². The van der Waals surface area contributed by atoms with E-state index in [1.165, 1.54) is 25.7 Å². The number of aliphatic hydroxyl groups excluding tert-OH is 11. The second kappa shape index (κ2) is 24.5. The summed E-state index contributed by atoms with van der Waals surface area (Å²) in [6.07, 6.45) is -13.9. The number of unbranched alkanes of at least 4 members (excludes halogenated alkanes) is 7. The zero-order valence-corrected chi connectivity index (χ0v) is 31.6. The van der Waals surface area contributed by atoms with Gasteiger partial charge in [-0.2, -0.15) is 0 Å². The number of amides is 1. The van der Waals surface area contributed by atoms with Crippen LogP contribution in [0.15, 0.2) is 12.2 Å². The van der Waals surface area contributed by atoms with E-state index in [1.54, 1.807) is 6.08 Å². The number of hydrogen-bond acceptors (Lipinski definition) is 18. The molecule has 322 valence electrons. The Kier molecular flexibility index (Phi) is 21.3. The van der Waals surface area contributed by atoms with Gasteiger partial charge < -0.3 is 89.9 Å². The zero-order chi connectivity index (χ0) is 40.7. The van der Waals surface area contributed by atoms with E-state index in [0.717, 1.165) is 25.7 Å². The third-order valence-corrected chi connectivity index (χ3v) is 10.1. The molecule has 0 radical (unpaired) electrons. The molecule has 0 aromatic carbocycles. The van der Waals surface area contributed by atoms with Crippen LogP contribution in [0.25, 0.3) is 0 Å². The summed E-state index contributed by atoms with van der Waals surface area (Å²) < 4.78 is 33.6. The number of hydrogen-bond donors (Lipinski definition) is 12. The van der Waals surface area contributed by atoms with E-state index in [4.69, 9.17) is 28.4 Å². The van der Waals surface area contributed by atoms with Gasteiger partial charge in [0.1, 0.15) is 73.2 Å². The molecule has 0 saturated carbocycles. The predicted octanol–water partition coefficient (Wildman–Crippen LogP) is -3.21. The summed E-state index contributed by atoms with van der Waals surface area (Å²) >= 11 is 0. The van der Waals surface area contributed by atoms with Gasteiger partial charge in [-0.3, -0.25) is 4.79 Å². The normalized spacial score (nSPS) is 38.2. The monoisotopic (exact) mass is 799 g/mol. The van der Waals surface area contributed by atoms with Gasteiger partial charge in [-0.25, -0.2) is 0 Å². The minimum atomic E-state index is -1.97. The first-order chi connectivity index (χ1) is 26.3. The van der Waals surface area contributed by atoms with E-state index in [2.05, 4.69) is 12.2 Å². The first kappa shape index (κ1) is 47.9. The van der Waals surface area contributed by atoms with Crippen LogP contribution in [-0.4, -0.2) is 193 Å². The summed E-state index contributed by atoms with van der Waals surface area (Å²) in [5.41, 5.74) is 0. The van der Waals surface area contributed by atoms with Crippen molar-refractivity contribution in [2.45, 2.75) is 182 Å². The van der Waals surface area contributed by atoms with E-state index in [1.807, 2.05) is 13.0 Å². The quantitative estimate of drug-likeness (QED) is 0.0358. The van der Waals surface area contributed by atoms with Gasteiger partial charge in [0.2, 0.25) is 5.91 Å². The van der Waals surface area contributed by atoms with Gasteiger partial charge in [0, 0.05) is 6.42 Å². The summed E-state index contributed by atoms with van der Waals surface area (Å²) in [6.45, 7) is 1.22. The Morgan fingerprint density at radius 3 is 1.67 bits per heavy atom. The molecule has 0 aromatic rings. The maximum Gasteiger partial charge on any atom is 0.220 e. The molecule has 0 bridgehead atoms. The molecule has 19 nitrogen and oxygen atoms in total. The fourth-order valence-electron chi connectivity index (χ4n) is 6.70. The molecule has 17 unspecified atom stereocenters. The Balaban J connectivity index is 1.61. The molecule has 55 heavy (non-hydrogen) atoms. The van der Waals surface area contributed by atoms with E-state index < -0.39 is 124 Å². The molecule has 0 spiro atoms. The molecule has 3 aliphatic rings. The lowest BCUT2D eigenvalue weighted by Crippen LogP contribution is -2.66. The van der Waals surface area contributed by atoms with Crippen molar-refractivity contribution in [3.8, 4) is 0 Å². The fraction of sp³-hybridized carbons (Fsp3) is 0.917. The lowest BCUT2D eigenvalue weighted by molar-refractivity contribution is -0.379. The van der Waals surface area contributed by atoms with Crippen LogP contribution in [0, 0.1) is 0 Å². The molecule has 3 rings (SSSR count). The highest BCUT2D eigenvalue weighted by Gasteiger charge is 2.53. The molecule has 1 amide bonds. The number of carbonyl (C=O) groups is 1. The Morgan fingerprint density at radius 2 is 1.13 bits per heavy atom. The van der Waals surface area contributed by atoms with Crippen molar-refractivity contribution in [3.05, 3.63) is 12.2 Å². The molecule has 17 atom stereocenters. The Morgan fingerprint density at radius 1 is 0.636 bits per heavy atom. The smallest absolute Gasteiger partial charge is 0.220 e. The van der Waals surface area contributed by atoms with Gasteiger partial charge in [0.15, 0.2) is 18.9 Å². The van der Waals surface area contributed by atoms with E-state index in [0.29, 0.717) is 6.42 Å². The molecular formula is C36H65NO18. The summed E-state index contributed by atoms with van der Waals surface area (Å²) in [7, 11) is 0. The molecule has 12 N–H and O–H groups in total. The Labute approximate surface area is 321 Å². The Hall–Kier alpha value is -1.47. The van der Waals surface area contributed by atoms with Crippen LogP contribution in [-0.2, 0) is 33.2 Å². The molecule has 3 heterocycles. The summed E-state index contributed by atoms with van der Waals surface area (Å²) in [4.78, 5) is 12.5. The minimum Gasteiger partial charge on any atom is -0.394 e. The molecule has 0 aliphatic carbocycles. The molecule has 19 heteroatoms. The van der Waals surface area contributed by atoms with Gasteiger partial charge in [-0.1, -0.05) is 64.5 Å². The molecule has 3 aliphatic heterocycles. The van der Waals surface area contributed by atoms with Gasteiger partial charge in [0.05, 0.1) is 38.6 Å². The largest absolute Gasteiger partial charge is 0.394 e. The van der Waals surface area contributed by atoms with Crippen molar-refractivity contribution < 1.29 is 89.4 Å². The van der Waals surface area contributed by atoms with Crippen molar-refractivity contribution >= 4 is 5.91 Å². The van der Waals surface area contributed by atoms with Crippen LogP contribution in [0.3, 0.4) is 0 Å². The molecule has 0 aromatic heterocycles. The highest BCUT2D eigenvalue weighted by molar-refractivity contribution is 5.76. The van der Waals surface area contributed by atoms with Gasteiger partial charge in [0.25, 0.3) is 0 Å². The zero-order valence-electron chi connectivity index (χ0n) is 31.6. The van der Waals surface area contributed by atoms with E-state index in [-0.39, 0.29) is 18.9 Å². The number of allylic oxidation sites excluding steroid dienone is 1. The van der Waals surface area contributed by atoms with E-state index >= 15 is 0 Å². The molecular weight excluding hydrogens is 734 g/mol. The maximum atomic E-state index is 12.5. The van der Waals surface area contributed by atoms with E-state index in [9.17, 15) is 61.0 Å². The SMILES string of the molecule is CCCCCCCCC/C=C/C(O)C(COC1OC(CO)C(OC2OC(CO)C(OC3OC(CO)C(O)C(O)C3O)C(O)C2O)C(O)C1O)NC(=O)CCC. The van der Waals surface area contributed by atoms with Crippen LogP contribution in [0.5, 0.6) is 0 Å². The number of rotatable bonds is 23. The lowest BCUT2D eigenvalue weighted by atomic mass is 9.96. The maximum absolute atomic E-state index is 12.5. The van der Waals surface area contributed by atoms with Crippen LogP contribution >= 0.6 is 0 Å². The summed E-state index contributed by atoms with van der Waals surface area (Å²) in [6, 6.07) is -0.959. The van der Waals surface area contributed by atoms with Crippen LogP contribution in [0.2, 0.25) is 0 Å². The number of aliphatic hydroxyl groups is 11. The van der Waals surface area contributed by atoms with Gasteiger partial charge in [-0.15, -0.1) is 0 Å². The van der Waals surface area contributed by atoms with Crippen LogP contribution in [0.1, 0.15) is 78.1 Å². The topological polar surface area (TPSA) is 307 Å². The van der Waals surface area contributed by atoms with Crippen LogP contribution < -0.4 is 5.32 Å². The van der Waals surface area contributed by atoms with Gasteiger partial charge in [-0.05, 0) is 19.3 Å². The highest BCUT2D eigenvalue weighted by Crippen LogP contribution is 2.32. The second-order valence-electron chi connectivity index (χ2n) is 14.4. The fourth-order valence-corrected chi connectivity index (χ4v) is 6.70. The highest BCUT2D eigenvalue weighted by atomic mass is 16.8. The van der Waals surface area contributed by atoms with Crippen molar-refractivity contribution in [2.75, 3.05) is 26.4 Å². The second-order valence-corrected chi connectivity index (χ2v) is 14.4. The first-order valence-corrected chi connectivity index (χ1v) is 19.4. The summed E-state index contributed by atoms with van der Waals surface area (Å²) in [5.74, 6) is -0.335. The first-order valence-electron chi connectivity index (χ1n) is 19.4. The van der Waals surface area contributed by atoms with Crippen molar-refractivity contribution in [2.24, 2.45) is 0 Å². The summed E-state index contributed by atoms with van der Waals surface area (Å²) in [5, 5.41) is 118. The molecule has 3 saturated heterocycles. The average Bonchev–Trinajstić information content (AvgIpc) is 3.17. The third-order valence-electron chi connectivity index (χ3n) is 10.1. The minimum absolute atomic E-state index is 0.194. The number of carbonyl (C=O) groups excluding carboxylic acids is 1. The lowest BCUT2D eigenvalue weighted by Gasteiger charge is -2.48. The van der Waals surface area contributed by atoms with Crippen molar-refractivity contribution in [1.82, 2.24) is 5.32 Å². The van der Waals surface area contributed by atoms with Crippen LogP contribution in [0.4, 0.5) is 0 Å². The Bertz CT molecular complexity index is 1100. The van der Waals surface area contributed by atoms with Crippen molar-refractivity contribution in [3.63, 3.8) is 0 Å². The molecule has 3 fully saturated rings. The number of nitrogens with one attached hydrogen (secondary N) is 1. The van der Waals surface area contributed by atoms with Crippen molar-refractivity contribution in [1.29, 1.82) is 0 Å². The number of ether oxygens (including phenoxy) is 6. The average molecular weight is 800 g/mol.